The number of hydrogen-bond donors (Lipinski definition) is 1. The van der Waals surface area contributed by atoms with Gasteiger partial charge in [-0.25, -0.2) is 4.79 Å². The molecule has 0 aromatic carbocycles. The molecule has 0 bridgehead atoms. The van der Waals surface area contributed by atoms with E-state index < -0.39 is 11.5 Å². The summed E-state index contributed by atoms with van der Waals surface area (Å²) in [4.78, 5) is 22.2. The third-order valence-electron chi connectivity index (χ3n) is 1.70. The van der Waals surface area contributed by atoms with Gasteiger partial charge in [0.05, 0.1) is 6.54 Å². The highest BCUT2D eigenvalue weighted by molar-refractivity contribution is 6.36. The number of pyridine rings is 1. The minimum Gasteiger partial charge on any atom is -0.477 e. The standard InChI is InChI=1S/C9H7Cl2NO3/c10-4-6(11)5-12-7(9(14)15)2-1-3-8(12)13/h1-4H,5H2,(H,14,15)/b6-4-. The lowest BCUT2D eigenvalue weighted by molar-refractivity contribution is 0.0684. The molecule has 4 nitrogen and oxygen atoms in total. The molecule has 0 aliphatic rings. The molecule has 1 rings (SSSR count). The highest BCUT2D eigenvalue weighted by atomic mass is 35.5. The summed E-state index contributed by atoms with van der Waals surface area (Å²) in [6.45, 7) is -0.0492. The smallest absolute Gasteiger partial charge is 0.352 e. The molecule has 1 aromatic rings. The molecule has 0 amide bonds. The lowest BCUT2D eigenvalue weighted by Gasteiger charge is -2.07. The van der Waals surface area contributed by atoms with Crippen LogP contribution in [0.3, 0.4) is 0 Å². The van der Waals surface area contributed by atoms with Gasteiger partial charge in [0.2, 0.25) is 0 Å². The van der Waals surface area contributed by atoms with Crippen LogP contribution in [0.4, 0.5) is 0 Å². The first-order valence-corrected chi connectivity index (χ1v) is 4.75. The van der Waals surface area contributed by atoms with Gasteiger partial charge in [-0.1, -0.05) is 29.3 Å². The van der Waals surface area contributed by atoms with E-state index in [9.17, 15) is 9.59 Å². The van der Waals surface area contributed by atoms with Crippen molar-refractivity contribution in [3.63, 3.8) is 0 Å². The van der Waals surface area contributed by atoms with Crippen molar-refractivity contribution in [1.29, 1.82) is 0 Å². The number of halogens is 2. The summed E-state index contributed by atoms with van der Waals surface area (Å²) in [6.07, 6.45) is 0. The molecule has 1 N–H and O–H groups in total. The van der Waals surface area contributed by atoms with Crippen LogP contribution < -0.4 is 5.56 Å². The first-order chi connectivity index (χ1) is 7.06. The number of aromatic nitrogens is 1. The monoisotopic (exact) mass is 247 g/mol. The Morgan fingerprint density at radius 3 is 2.73 bits per heavy atom. The van der Waals surface area contributed by atoms with Gasteiger partial charge in [0.15, 0.2) is 0 Å². The second kappa shape index (κ2) is 5.00. The Morgan fingerprint density at radius 1 is 1.53 bits per heavy atom. The van der Waals surface area contributed by atoms with Crippen LogP contribution in [0.15, 0.2) is 33.6 Å². The summed E-state index contributed by atoms with van der Waals surface area (Å²) in [5, 5.41) is 9.01. The molecule has 1 aromatic heterocycles. The Bertz CT molecular complexity index is 465. The van der Waals surface area contributed by atoms with E-state index in [2.05, 4.69) is 0 Å². The molecule has 0 aliphatic carbocycles. The predicted molar refractivity (Wildman–Crippen MR) is 57.5 cm³/mol. The third-order valence-corrected chi connectivity index (χ3v) is 2.30. The Kier molecular flexibility index (Phi) is 3.94. The summed E-state index contributed by atoms with van der Waals surface area (Å²) in [6, 6.07) is 3.95. The Balaban J connectivity index is 3.25. The Labute approximate surface area is 95.4 Å². The zero-order valence-corrected chi connectivity index (χ0v) is 9.00. The number of aromatic carboxylic acids is 1. The number of carboxylic acid groups (broad SMARTS) is 1. The van der Waals surface area contributed by atoms with Crippen molar-refractivity contribution in [3.05, 3.63) is 44.8 Å². The topological polar surface area (TPSA) is 59.3 Å². The lowest BCUT2D eigenvalue weighted by atomic mass is 10.3. The van der Waals surface area contributed by atoms with Crippen LogP contribution >= 0.6 is 23.2 Å². The normalized spacial score (nSPS) is 11.5. The van der Waals surface area contributed by atoms with Gasteiger partial charge in [0.1, 0.15) is 5.69 Å². The molecule has 6 heteroatoms. The fraction of sp³-hybridized carbons (Fsp3) is 0.111. The van der Waals surface area contributed by atoms with Gasteiger partial charge in [-0.15, -0.1) is 0 Å². The molecular formula is C9H7Cl2NO3. The van der Waals surface area contributed by atoms with Gasteiger partial charge in [-0.3, -0.25) is 9.36 Å². The highest BCUT2D eigenvalue weighted by Gasteiger charge is 2.10. The average molecular weight is 248 g/mol. The summed E-state index contributed by atoms with van der Waals surface area (Å²) < 4.78 is 1.03. The van der Waals surface area contributed by atoms with Crippen LogP contribution in [-0.2, 0) is 6.54 Å². The molecule has 0 spiro atoms. The van der Waals surface area contributed by atoms with E-state index in [0.717, 1.165) is 10.1 Å². The largest absolute Gasteiger partial charge is 0.477 e. The summed E-state index contributed by atoms with van der Waals surface area (Å²) in [7, 11) is 0. The number of carboxylic acids is 1. The number of rotatable bonds is 3. The minimum absolute atomic E-state index is 0.0492. The maximum Gasteiger partial charge on any atom is 0.352 e. The van der Waals surface area contributed by atoms with Crippen LogP contribution in [0.5, 0.6) is 0 Å². The average Bonchev–Trinajstić information content (AvgIpc) is 2.20. The molecule has 0 aliphatic heterocycles. The number of carbonyl (C=O) groups is 1. The molecule has 0 saturated carbocycles. The fourth-order valence-electron chi connectivity index (χ4n) is 1.06. The number of nitrogens with zero attached hydrogens (tertiary/aromatic N) is 1. The molecular weight excluding hydrogens is 241 g/mol. The van der Waals surface area contributed by atoms with Crippen LogP contribution in [0.1, 0.15) is 10.5 Å². The SMILES string of the molecule is O=C(O)c1cccc(=O)n1C/C(Cl)=C/Cl. The van der Waals surface area contributed by atoms with Crippen molar-refractivity contribution in [1.82, 2.24) is 4.57 Å². The molecule has 0 fully saturated rings. The maximum atomic E-state index is 11.4. The van der Waals surface area contributed by atoms with E-state index in [0.29, 0.717) is 0 Å². The third kappa shape index (κ3) is 2.84. The van der Waals surface area contributed by atoms with Gasteiger partial charge in [0.25, 0.3) is 5.56 Å². The van der Waals surface area contributed by atoms with Crippen LogP contribution in [0.25, 0.3) is 0 Å². The van der Waals surface area contributed by atoms with E-state index in [1.165, 1.54) is 18.2 Å². The van der Waals surface area contributed by atoms with Gasteiger partial charge >= 0.3 is 5.97 Å². The van der Waals surface area contributed by atoms with Crippen molar-refractivity contribution in [2.24, 2.45) is 0 Å². The first kappa shape index (κ1) is 11.8. The lowest BCUT2D eigenvalue weighted by Crippen LogP contribution is -2.25. The maximum absolute atomic E-state index is 11.4. The van der Waals surface area contributed by atoms with E-state index in [1.807, 2.05) is 0 Å². The van der Waals surface area contributed by atoms with Crippen molar-refractivity contribution >= 4 is 29.2 Å². The zero-order chi connectivity index (χ0) is 11.4. The van der Waals surface area contributed by atoms with Crippen molar-refractivity contribution in [2.45, 2.75) is 6.54 Å². The first-order valence-electron chi connectivity index (χ1n) is 3.94. The summed E-state index contributed by atoms with van der Waals surface area (Å²) in [5.74, 6) is -1.19. The fourth-order valence-corrected chi connectivity index (χ4v) is 1.24. The quantitative estimate of drug-likeness (QED) is 0.888. The van der Waals surface area contributed by atoms with Crippen molar-refractivity contribution in [3.8, 4) is 0 Å². The Hall–Kier alpha value is -1.26. The molecule has 0 atom stereocenters. The van der Waals surface area contributed by atoms with Crippen LogP contribution in [-0.4, -0.2) is 15.6 Å². The minimum atomic E-state index is -1.19. The van der Waals surface area contributed by atoms with E-state index in [-0.39, 0.29) is 17.3 Å². The predicted octanol–water partition coefficient (Wildman–Crippen LogP) is 1.87. The molecule has 0 saturated heterocycles. The molecule has 0 radical (unpaired) electrons. The van der Waals surface area contributed by atoms with Crippen molar-refractivity contribution < 1.29 is 9.90 Å². The van der Waals surface area contributed by atoms with Crippen molar-refractivity contribution in [2.75, 3.05) is 0 Å². The highest BCUT2D eigenvalue weighted by Crippen LogP contribution is 2.07. The van der Waals surface area contributed by atoms with E-state index >= 15 is 0 Å². The zero-order valence-electron chi connectivity index (χ0n) is 7.48. The van der Waals surface area contributed by atoms with Gasteiger partial charge in [0, 0.05) is 16.6 Å². The van der Waals surface area contributed by atoms with E-state index in [1.54, 1.807) is 0 Å². The van der Waals surface area contributed by atoms with Crippen LogP contribution in [0.2, 0.25) is 0 Å². The molecule has 80 valence electrons. The molecule has 1 heterocycles. The second-order valence-electron chi connectivity index (χ2n) is 2.70. The summed E-state index contributed by atoms with van der Waals surface area (Å²) in [5.41, 5.74) is 0.526. The number of hydrogen-bond acceptors (Lipinski definition) is 2. The molecule has 15 heavy (non-hydrogen) atoms. The van der Waals surface area contributed by atoms with Crippen LogP contribution in [0, 0.1) is 0 Å². The summed E-state index contributed by atoms with van der Waals surface area (Å²) >= 11 is 11.0. The van der Waals surface area contributed by atoms with E-state index in [4.69, 9.17) is 28.3 Å². The molecule has 0 unspecified atom stereocenters. The second-order valence-corrected chi connectivity index (χ2v) is 3.40. The van der Waals surface area contributed by atoms with Gasteiger partial charge in [-0.2, -0.15) is 0 Å². The van der Waals surface area contributed by atoms with Gasteiger partial charge in [-0.05, 0) is 6.07 Å². The Morgan fingerprint density at radius 2 is 2.20 bits per heavy atom. The number of allylic oxidation sites excluding steroid dienone is 1. The van der Waals surface area contributed by atoms with Gasteiger partial charge < -0.3 is 5.11 Å².